The zero-order valence-electron chi connectivity index (χ0n) is 9.55. The second-order valence-electron chi connectivity index (χ2n) is 3.34. The maximum absolute atomic E-state index is 11.3. The highest BCUT2D eigenvalue weighted by molar-refractivity contribution is 5.68. The molecule has 5 nitrogen and oxygen atoms in total. The van der Waals surface area contributed by atoms with Crippen LogP contribution in [0.1, 0.15) is 5.56 Å². The van der Waals surface area contributed by atoms with Crippen LogP contribution in [0.15, 0.2) is 30.3 Å². The fourth-order valence-electron chi connectivity index (χ4n) is 1.18. The largest absolute Gasteiger partial charge is 0.445 e. The van der Waals surface area contributed by atoms with Crippen molar-refractivity contribution >= 4 is 6.09 Å². The lowest BCUT2D eigenvalue weighted by molar-refractivity contribution is 0.127. The van der Waals surface area contributed by atoms with Gasteiger partial charge in [-0.2, -0.15) is 5.26 Å². The third-order valence-electron chi connectivity index (χ3n) is 1.99. The van der Waals surface area contributed by atoms with E-state index in [2.05, 4.69) is 5.32 Å². The lowest BCUT2D eigenvalue weighted by atomic mass is 10.2. The van der Waals surface area contributed by atoms with E-state index in [9.17, 15) is 4.79 Å². The molecule has 5 heteroatoms. The van der Waals surface area contributed by atoms with E-state index in [4.69, 9.17) is 14.7 Å². The average Bonchev–Trinajstić information content (AvgIpc) is 2.37. The summed E-state index contributed by atoms with van der Waals surface area (Å²) in [5, 5.41) is 11.1. The molecule has 1 N–H and O–H groups in total. The highest BCUT2D eigenvalue weighted by Crippen LogP contribution is 2.00. The van der Waals surface area contributed by atoms with Gasteiger partial charge in [-0.15, -0.1) is 0 Å². The zero-order valence-corrected chi connectivity index (χ0v) is 9.55. The fraction of sp³-hybridized carbons (Fsp3) is 0.333. The summed E-state index contributed by atoms with van der Waals surface area (Å²) in [5.41, 5.74) is 0.892. The number of amides is 1. The molecular weight excluding hydrogens is 220 g/mol. The van der Waals surface area contributed by atoms with Crippen LogP contribution in [-0.2, 0) is 16.1 Å². The molecular formula is C12H14N2O3. The minimum Gasteiger partial charge on any atom is -0.445 e. The molecule has 0 unspecified atom stereocenters. The second-order valence-corrected chi connectivity index (χ2v) is 3.34. The highest BCUT2D eigenvalue weighted by atomic mass is 16.5. The summed E-state index contributed by atoms with van der Waals surface area (Å²) < 4.78 is 9.72. The molecule has 0 saturated carbocycles. The number of nitrogens with zero attached hydrogens (tertiary/aromatic N) is 1. The summed E-state index contributed by atoms with van der Waals surface area (Å²) in [6.45, 7) is 0.314. The number of carbonyl (C=O) groups is 1. The van der Waals surface area contributed by atoms with Crippen LogP contribution in [0.25, 0.3) is 0 Å². The summed E-state index contributed by atoms with van der Waals surface area (Å²) in [5.74, 6) is 0. The van der Waals surface area contributed by atoms with Gasteiger partial charge < -0.3 is 14.8 Å². The summed E-state index contributed by atoms with van der Waals surface area (Å²) in [6, 6.07) is 10.5. The van der Waals surface area contributed by atoms with E-state index in [0.717, 1.165) is 5.56 Å². The predicted octanol–water partition coefficient (Wildman–Crippen LogP) is 1.45. The number of nitrogens with one attached hydrogen (secondary N) is 1. The van der Waals surface area contributed by atoms with E-state index in [1.54, 1.807) is 0 Å². The van der Waals surface area contributed by atoms with E-state index < -0.39 is 12.1 Å². The van der Waals surface area contributed by atoms with Gasteiger partial charge in [0.1, 0.15) is 12.6 Å². The minimum absolute atomic E-state index is 0.136. The molecule has 0 heterocycles. The summed E-state index contributed by atoms with van der Waals surface area (Å²) >= 11 is 0. The maximum atomic E-state index is 11.3. The molecule has 0 aliphatic rings. The normalized spacial score (nSPS) is 11.3. The molecule has 0 saturated heterocycles. The van der Waals surface area contributed by atoms with E-state index in [-0.39, 0.29) is 13.2 Å². The standard InChI is InChI=1S/C12H14N2O3/c1-16-9-11(7-13)14-12(15)17-8-10-5-3-2-4-6-10/h2-6,11H,8-9H2,1H3,(H,14,15)/t11-/m1/s1. The number of hydrogen-bond donors (Lipinski definition) is 1. The molecule has 1 aromatic rings. The average molecular weight is 234 g/mol. The molecule has 17 heavy (non-hydrogen) atoms. The van der Waals surface area contributed by atoms with Crippen molar-refractivity contribution in [1.82, 2.24) is 5.32 Å². The van der Waals surface area contributed by atoms with Gasteiger partial charge in [-0.3, -0.25) is 0 Å². The Morgan fingerprint density at radius 2 is 2.18 bits per heavy atom. The van der Waals surface area contributed by atoms with Crippen molar-refractivity contribution in [2.24, 2.45) is 0 Å². The molecule has 0 aromatic heterocycles. The summed E-state index contributed by atoms with van der Waals surface area (Å²) in [7, 11) is 1.46. The fourth-order valence-corrected chi connectivity index (χ4v) is 1.18. The smallest absolute Gasteiger partial charge is 0.408 e. The van der Waals surface area contributed by atoms with Crippen LogP contribution in [0.3, 0.4) is 0 Å². The van der Waals surface area contributed by atoms with Crippen molar-refractivity contribution in [3.8, 4) is 6.07 Å². The lowest BCUT2D eigenvalue weighted by Crippen LogP contribution is -2.37. The quantitative estimate of drug-likeness (QED) is 0.837. The predicted molar refractivity (Wildman–Crippen MR) is 61.0 cm³/mol. The summed E-state index contributed by atoms with van der Waals surface area (Å²) in [6.07, 6.45) is -0.627. The molecule has 0 aliphatic heterocycles. The van der Waals surface area contributed by atoms with Crippen LogP contribution in [0.4, 0.5) is 4.79 Å². The van der Waals surface area contributed by atoms with E-state index in [0.29, 0.717) is 0 Å². The number of carbonyl (C=O) groups excluding carboxylic acids is 1. The monoisotopic (exact) mass is 234 g/mol. The first kappa shape index (κ1) is 13.0. The highest BCUT2D eigenvalue weighted by Gasteiger charge is 2.11. The van der Waals surface area contributed by atoms with Crippen LogP contribution >= 0.6 is 0 Å². The zero-order chi connectivity index (χ0) is 12.5. The van der Waals surface area contributed by atoms with Crippen molar-refractivity contribution in [1.29, 1.82) is 5.26 Å². The van der Waals surface area contributed by atoms with Gasteiger partial charge in [-0.25, -0.2) is 4.79 Å². The van der Waals surface area contributed by atoms with Crippen molar-refractivity contribution < 1.29 is 14.3 Å². The third kappa shape index (κ3) is 5.00. The first-order chi connectivity index (χ1) is 8.26. The number of alkyl carbamates (subject to hydrolysis) is 1. The van der Waals surface area contributed by atoms with Gasteiger partial charge in [0.15, 0.2) is 0 Å². The molecule has 1 amide bonds. The van der Waals surface area contributed by atoms with Crippen LogP contribution in [-0.4, -0.2) is 25.9 Å². The van der Waals surface area contributed by atoms with Crippen molar-refractivity contribution in [2.75, 3.05) is 13.7 Å². The molecule has 0 spiro atoms. The Bertz CT molecular complexity index is 386. The number of hydrogen-bond acceptors (Lipinski definition) is 4. The summed E-state index contributed by atoms with van der Waals surface area (Å²) in [4.78, 5) is 11.3. The van der Waals surface area contributed by atoms with E-state index >= 15 is 0 Å². The minimum atomic E-state index is -0.691. The molecule has 1 rings (SSSR count). The third-order valence-corrected chi connectivity index (χ3v) is 1.99. The Labute approximate surface area is 100.0 Å². The topological polar surface area (TPSA) is 71.3 Å². The molecule has 0 bridgehead atoms. The first-order valence-corrected chi connectivity index (χ1v) is 5.12. The van der Waals surface area contributed by atoms with Gasteiger partial charge in [-0.05, 0) is 5.56 Å². The van der Waals surface area contributed by atoms with Gasteiger partial charge >= 0.3 is 6.09 Å². The van der Waals surface area contributed by atoms with Gasteiger partial charge in [0.2, 0.25) is 0 Å². The Morgan fingerprint density at radius 3 is 2.76 bits per heavy atom. The van der Waals surface area contributed by atoms with E-state index in [1.807, 2.05) is 36.4 Å². The Kier molecular flexibility index (Phi) is 5.55. The molecule has 90 valence electrons. The molecule has 0 aliphatic carbocycles. The van der Waals surface area contributed by atoms with Crippen LogP contribution in [0.2, 0.25) is 0 Å². The van der Waals surface area contributed by atoms with Crippen LogP contribution < -0.4 is 5.32 Å². The van der Waals surface area contributed by atoms with Gasteiger partial charge in [0.05, 0.1) is 12.7 Å². The SMILES string of the molecule is COC[C@@H](C#N)NC(=O)OCc1ccccc1. The van der Waals surface area contributed by atoms with Gasteiger partial charge in [0, 0.05) is 7.11 Å². The number of ether oxygens (including phenoxy) is 2. The molecule has 0 radical (unpaired) electrons. The van der Waals surface area contributed by atoms with Crippen molar-refractivity contribution in [2.45, 2.75) is 12.6 Å². The molecule has 1 aromatic carbocycles. The number of nitriles is 1. The second kappa shape index (κ2) is 7.25. The maximum Gasteiger partial charge on any atom is 0.408 e. The number of rotatable bonds is 5. The van der Waals surface area contributed by atoms with E-state index in [1.165, 1.54) is 7.11 Å². The first-order valence-electron chi connectivity index (χ1n) is 5.12. The number of methoxy groups -OCH3 is 1. The van der Waals surface area contributed by atoms with Gasteiger partial charge in [-0.1, -0.05) is 30.3 Å². The number of benzene rings is 1. The Balaban J connectivity index is 2.33. The van der Waals surface area contributed by atoms with Gasteiger partial charge in [0.25, 0.3) is 0 Å². The Hall–Kier alpha value is -2.06. The molecule has 0 fully saturated rings. The van der Waals surface area contributed by atoms with Crippen molar-refractivity contribution in [3.05, 3.63) is 35.9 Å². The van der Waals surface area contributed by atoms with Crippen LogP contribution in [0, 0.1) is 11.3 Å². The lowest BCUT2D eigenvalue weighted by Gasteiger charge is -2.10. The molecule has 1 atom stereocenters. The Morgan fingerprint density at radius 1 is 1.47 bits per heavy atom. The van der Waals surface area contributed by atoms with Crippen LogP contribution in [0.5, 0.6) is 0 Å². The van der Waals surface area contributed by atoms with Crippen molar-refractivity contribution in [3.63, 3.8) is 0 Å².